The maximum absolute atomic E-state index is 12.3. The lowest BCUT2D eigenvalue weighted by molar-refractivity contribution is -0.136. The Labute approximate surface area is 143 Å². The van der Waals surface area contributed by atoms with Crippen molar-refractivity contribution in [1.82, 2.24) is 0 Å². The van der Waals surface area contributed by atoms with Crippen molar-refractivity contribution in [3.05, 3.63) is 64.2 Å². The molecule has 1 aliphatic rings. The van der Waals surface area contributed by atoms with Crippen LogP contribution in [-0.4, -0.2) is 23.6 Å². The van der Waals surface area contributed by atoms with Crippen molar-refractivity contribution in [1.29, 1.82) is 0 Å². The molecule has 0 bridgehead atoms. The fraction of sp³-hybridized carbons (Fsp3) is 0.111. The van der Waals surface area contributed by atoms with Crippen LogP contribution in [-0.2, 0) is 16.0 Å². The van der Waals surface area contributed by atoms with Gasteiger partial charge in [-0.3, -0.25) is 9.59 Å². The van der Waals surface area contributed by atoms with Gasteiger partial charge >= 0.3 is 5.97 Å². The minimum atomic E-state index is -0.895. The van der Waals surface area contributed by atoms with Gasteiger partial charge in [0.05, 0.1) is 12.0 Å². The predicted octanol–water partition coefficient (Wildman–Crippen LogP) is 3.38. The predicted molar refractivity (Wildman–Crippen MR) is 91.3 cm³/mol. The maximum Gasteiger partial charge on any atom is 0.307 e. The molecule has 2 N–H and O–H groups in total. The standard InChI is InChI=1S/C18H14ClNO4/c19-14-3-6-16-12(9-14)8-13(10-24-16)18(23)20-15-4-1-11(2-5-15)7-17(21)22/h1-6,8-9H,7,10H2,(H,20,23)(H,21,22). The third kappa shape index (κ3) is 3.75. The lowest BCUT2D eigenvalue weighted by atomic mass is 10.1. The van der Waals surface area contributed by atoms with Gasteiger partial charge in [-0.15, -0.1) is 0 Å². The van der Waals surface area contributed by atoms with E-state index in [2.05, 4.69) is 5.32 Å². The van der Waals surface area contributed by atoms with Crippen LogP contribution in [0.5, 0.6) is 5.75 Å². The van der Waals surface area contributed by atoms with Gasteiger partial charge in [-0.25, -0.2) is 0 Å². The lowest BCUT2D eigenvalue weighted by Gasteiger charge is -2.18. The highest BCUT2D eigenvalue weighted by Gasteiger charge is 2.17. The molecule has 0 radical (unpaired) electrons. The Bertz CT molecular complexity index is 827. The number of rotatable bonds is 4. The van der Waals surface area contributed by atoms with E-state index in [1.165, 1.54) is 0 Å². The highest BCUT2D eigenvalue weighted by atomic mass is 35.5. The molecule has 0 fully saturated rings. The second-order valence-electron chi connectivity index (χ2n) is 5.36. The fourth-order valence-corrected chi connectivity index (χ4v) is 2.55. The Morgan fingerprint density at radius 3 is 2.62 bits per heavy atom. The van der Waals surface area contributed by atoms with Crippen LogP contribution >= 0.6 is 11.6 Å². The monoisotopic (exact) mass is 343 g/mol. The van der Waals surface area contributed by atoms with Gasteiger partial charge in [-0.1, -0.05) is 23.7 Å². The number of benzene rings is 2. The van der Waals surface area contributed by atoms with E-state index in [4.69, 9.17) is 21.4 Å². The summed E-state index contributed by atoms with van der Waals surface area (Å²) in [5, 5.41) is 12.1. The Hall–Kier alpha value is -2.79. The molecule has 2 aromatic carbocycles. The van der Waals surface area contributed by atoms with Gasteiger partial charge in [-0.05, 0) is 42.0 Å². The van der Waals surface area contributed by atoms with Crippen molar-refractivity contribution in [3.63, 3.8) is 0 Å². The number of fused-ring (bicyclic) bond motifs is 1. The molecule has 1 heterocycles. The molecule has 0 saturated heterocycles. The van der Waals surface area contributed by atoms with Crippen LogP contribution in [0.15, 0.2) is 48.0 Å². The molecular weight excluding hydrogens is 330 g/mol. The minimum Gasteiger partial charge on any atom is -0.488 e. The quantitative estimate of drug-likeness (QED) is 0.892. The Morgan fingerprint density at radius 2 is 1.92 bits per heavy atom. The number of ether oxygens (including phenoxy) is 1. The molecule has 122 valence electrons. The highest BCUT2D eigenvalue weighted by molar-refractivity contribution is 6.30. The molecular formula is C18H14ClNO4. The lowest BCUT2D eigenvalue weighted by Crippen LogP contribution is -2.21. The number of hydrogen-bond acceptors (Lipinski definition) is 3. The summed E-state index contributed by atoms with van der Waals surface area (Å²) in [6.07, 6.45) is 1.70. The number of nitrogens with one attached hydrogen (secondary N) is 1. The van der Waals surface area contributed by atoms with Crippen LogP contribution in [0.25, 0.3) is 6.08 Å². The van der Waals surface area contributed by atoms with Crippen LogP contribution < -0.4 is 10.1 Å². The van der Waals surface area contributed by atoms with Crippen LogP contribution in [0.4, 0.5) is 5.69 Å². The molecule has 6 heteroatoms. The van der Waals surface area contributed by atoms with Crippen LogP contribution in [0.2, 0.25) is 5.02 Å². The van der Waals surface area contributed by atoms with Crippen molar-refractivity contribution in [2.75, 3.05) is 11.9 Å². The second kappa shape index (κ2) is 6.76. The SMILES string of the molecule is O=C(O)Cc1ccc(NC(=O)C2=Cc3cc(Cl)ccc3OC2)cc1. The van der Waals surface area contributed by atoms with Gasteiger partial charge in [0.15, 0.2) is 0 Å². The fourth-order valence-electron chi connectivity index (χ4n) is 2.37. The summed E-state index contributed by atoms with van der Waals surface area (Å²) in [4.78, 5) is 23.0. The number of amides is 1. The first-order valence-corrected chi connectivity index (χ1v) is 7.64. The van der Waals surface area contributed by atoms with Crippen molar-refractivity contribution in [2.45, 2.75) is 6.42 Å². The second-order valence-corrected chi connectivity index (χ2v) is 5.80. The number of carbonyl (C=O) groups is 2. The molecule has 0 unspecified atom stereocenters. The number of aliphatic carboxylic acids is 1. The number of hydrogen-bond donors (Lipinski definition) is 2. The number of halogens is 1. The summed E-state index contributed by atoms with van der Waals surface area (Å²) < 4.78 is 5.56. The van der Waals surface area contributed by atoms with Gasteiger partial charge in [-0.2, -0.15) is 0 Å². The van der Waals surface area contributed by atoms with E-state index >= 15 is 0 Å². The third-order valence-corrected chi connectivity index (χ3v) is 3.78. The average Bonchev–Trinajstić information content (AvgIpc) is 2.55. The molecule has 1 aliphatic heterocycles. The van der Waals surface area contributed by atoms with Gasteiger partial charge in [0.2, 0.25) is 0 Å². The first-order chi connectivity index (χ1) is 11.5. The summed E-state index contributed by atoms with van der Waals surface area (Å²) in [5.41, 5.74) is 2.51. The third-order valence-electron chi connectivity index (χ3n) is 3.54. The summed E-state index contributed by atoms with van der Waals surface area (Å²) in [7, 11) is 0. The molecule has 24 heavy (non-hydrogen) atoms. The topological polar surface area (TPSA) is 75.6 Å². The molecule has 5 nitrogen and oxygen atoms in total. The summed E-state index contributed by atoms with van der Waals surface area (Å²) >= 11 is 5.96. The molecule has 0 atom stereocenters. The Morgan fingerprint density at radius 1 is 1.17 bits per heavy atom. The van der Waals surface area contributed by atoms with Gasteiger partial charge in [0.1, 0.15) is 12.4 Å². The zero-order valence-electron chi connectivity index (χ0n) is 12.6. The molecule has 0 saturated carbocycles. The zero-order chi connectivity index (χ0) is 17.1. The van der Waals surface area contributed by atoms with E-state index in [1.807, 2.05) is 0 Å². The van der Waals surface area contributed by atoms with Crippen molar-refractivity contribution < 1.29 is 19.4 Å². The van der Waals surface area contributed by atoms with E-state index in [1.54, 1.807) is 48.5 Å². The molecule has 1 amide bonds. The largest absolute Gasteiger partial charge is 0.488 e. The first-order valence-electron chi connectivity index (χ1n) is 7.26. The number of anilines is 1. The van der Waals surface area contributed by atoms with E-state index in [0.717, 1.165) is 5.56 Å². The first kappa shape index (κ1) is 16.1. The molecule has 2 aromatic rings. The van der Waals surface area contributed by atoms with Gasteiger partial charge < -0.3 is 15.2 Å². The normalized spacial score (nSPS) is 12.6. The molecule has 0 spiro atoms. The van der Waals surface area contributed by atoms with E-state index in [0.29, 0.717) is 27.6 Å². The van der Waals surface area contributed by atoms with E-state index in [-0.39, 0.29) is 18.9 Å². The van der Waals surface area contributed by atoms with Crippen LogP contribution in [0, 0.1) is 0 Å². The van der Waals surface area contributed by atoms with Crippen LogP contribution in [0.3, 0.4) is 0 Å². The summed E-state index contributed by atoms with van der Waals surface area (Å²) in [5.74, 6) is -0.478. The average molecular weight is 344 g/mol. The maximum atomic E-state index is 12.3. The highest BCUT2D eigenvalue weighted by Crippen LogP contribution is 2.29. The number of carboxylic acid groups (broad SMARTS) is 1. The minimum absolute atomic E-state index is 0.0508. The van der Waals surface area contributed by atoms with E-state index < -0.39 is 5.97 Å². The van der Waals surface area contributed by atoms with E-state index in [9.17, 15) is 9.59 Å². The van der Waals surface area contributed by atoms with Crippen LogP contribution in [0.1, 0.15) is 11.1 Å². The molecule has 0 aromatic heterocycles. The number of carbonyl (C=O) groups excluding carboxylic acids is 1. The van der Waals surface area contributed by atoms with Gasteiger partial charge in [0, 0.05) is 16.3 Å². The van der Waals surface area contributed by atoms with Crippen molar-refractivity contribution >= 4 is 35.2 Å². The van der Waals surface area contributed by atoms with Crippen molar-refractivity contribution in [3.8, 4) is 5.75 Å². The molecule has 3 rings (SSSR count). The summed E-state index contributed by atoms with van der Waals surface area (Å²) in [6.45, 7) is 0.178. The smallest absolute Gasteiger partial charge is 0.307 e. The number of carboxylic acids is 1. The van der Waals surface area contributed by atoms with Gasteiger partial charge in [0.25, 0.3) is 5.91 Å². The Balaban J connectivity index is 1.72. The Kier molecular flexibility index (Phi) is 4.53. The van der Waals surface area contributed by atoms with Crippen molar-refractivity contribution in [2.24, 2.45) is 0 Å². The molecule has 0 aliphatic carbocycles. The zero-order valence-corrected chi connectivity index (χ0v) is 13.3. The summed E-state index contributed by atoms with van der Waals surface area (Å²) in [6, 6.07) is 11.9.